The number of methoxy groups -OCH3 is 1. The van der Waals surface area contributed by atoms with Gasteiger partial charge in [-0.05, 0) is 39.9 Å². The number of benzene rings is 1. The highest BCUT2D eigenvalue weighted by atomic mass is 79.9. The number of ether oxygens (including phenoxy) is 1. The Balaban J connectivity index is 3.25. The first kappa shape index (κ1) is 13.3. The molecule has 0 aliphatic heterocycles. The Morgan fingerprint density at radius 2 is 2.19 bits per heavy atom. The van der Waals surface area contributed by atoms with E-state index in [2.05, 4.69) is 15.9 Å². The Hall–Kier alpha value is -0.720. The van der Waals surface area contributed by atoms with Crippen LogP contribution in [0.2, 0.25) is 0 Å². The van der Waals surface area contributed by atoms with Crippen LogP contribution in [0.3, 0.4) is 0 Å². The molecule has 88 valence electrons. The Kier molecular flexibility index (Phi) is 4.64. The van der Waals surface area contributed by atoms with Gasteiger partial charge in [0, 0.05) is 0 Å². The van der Waals surface area contributed by atoms with Gasteiger partial charge in [0.05, 0.1) is 16.5 Å². The second kappa shape index (κ2) is 5.56. The van der Waals surface area contributed by atoms with Crippen LogP contribution in [0.25, 0.3) is 0 Å². The molecule has 0 radical (unpaired) electrons. The van der Waals surface area contributed by atoms with E-state index < -0.39 is 12.1 Å². The van der Waals surface area contributed by atoms with Crippen LogP contribution in [0.15, 0.2) is 21.5 Å². The monoisotopic (exact) mass is 306 g/mol. The highest BCUT2D eigenvalue weighted by Gasteiger charge is 2.19. The largest absolute Gasteiger partial charge is 0.494 e. The molecule has 0 fully saturated rings. The van der Waals surface area contributed by atoms with E-state index in [0.717, 1.165) is 4.90 Å². The second-order valence-electron chi connectivity index (χ2n) is 2.98. The quantitative estimate of drug-likeness (QED) is 0.836. The lowest BCUT2D eigenvalue weighted by atomic mass is 10.1. The summed E-state index contributed by atoms with van der Waals surface area (Å²) < 4.78 is 5.79. The molecule has 0 saturated carbocycles. The van der Waals surface area contributed by atoms with Crippen molar-refractivity contribution in [3.63, 3.8) is 0 Å². The predicted octanol–water partition coefficient (Wildman–Crippen LogP) is 2.30. The molecule has 4 nitrogen and oxygen atoms in total. The first-order valence-corrected chi connectivity index (χ1v) is 6.35. The van der Waals surface area contributed by atoms with Crippen LogP contribution in [0.4, 0.5) is 0 Å². The second-order valence-corrected chi connectivity index (χ2v) is 4.68. The van der Waals surface area contributed by atoms with E-state index in [1.807, 2.05) is 6.26 Å². The molecule has 1 aromatic rings. The van der Waals surface area contributed by atoms with E-state index in [1.54, 1.807) is 6.07 Å². The SMILES string of the molecule is COc1c(Br)cc(C(O)C(=O)O)cc1SC. The molecule has 0 aromatic heterocycles. The molecular weight excluding hydrogens is 296 g/mol. The number of carbonyl (C=O) groups is 1. The van der Waals surface area contributed by atoms with Crippen LogP contribution in [0, 0.1) is 0 Å². The maximum absolute atomic E-state index is 10.7. The van der Waals surface area contributed by atoms with Crippen LogP contribution < -0.4 is 4.74 Å². The van der Waals surface area contributed by atoms with Crippen molar-refractivity contribution in [2.45, 2.75) is 11.0 Å². The molecule has 0 aliphatic rings. The molecule has 0 aliphatic carbocycles. The molecule has 1 rings (SSSR count). The van der Waals surface area contributed by atoms with Gasteiger partial charge in [-0.1, -0.05) is 0 Å². The summed E-state index contributed by atoms with van der Waals surface area (Å²) in [6, 6.07) is 3.14. The minimum Gasteiger partial charge on any atom is -0.494 e. The van der Waals surface area contributed by atoms with E-state index >= 15 is 0 Å². The number of aliphatic carboxylic acids is 1. The molecule has 0 spiro atoms. The van der Waals surface area contributed by atoms with Crippen LogP contribution >= 0.6 is 27.7 Å². The van der Waals surface area contributed by atoms with Crippen LogP contribution in [0.5, 0.6) is 5.75 Å². The van der Waals surface area contributed by atoms with Crippen molar-refractivity contribution in [1.82, 2.24) is 0 Å². The van der Waals surface area contributed by atoms with Gasteiger partial charge in [0.15, 0.2) is 6.10 Å². The van der Waals surface area contributed by atoms with Crippen molar-refractivity contribution in [3.05, 3.63) is 22.2 Å². The fraction of sp³-hybridized carbons (Fsp3) is 0.300. The number of aliphatic hydroxyl groups excluding tert-OH is 1. The Morgan fingerprint density at radius 1 is 1.56 bits per heavy atom. The summed E-state index contributed by atoms with van der Waals surface area (Å²) in [5, 5.41) is 18.1. The molecule has 1 atom stereocenters. The number of carboxylic acids is 1. The van der Waals surface area contributed by atoms with Crippen LogP contribution in [-0.2, 0) is 4.79 Å². The van der Waals surface area contributed by atoms with Gasteiger partial charge in [0.25, 0.3) is 0 Å². The third-order valence-electron chi connectivity index (χ3n) is 2.01. The molecule has 16 heavy (non-hydrogen) atoms. The van der Waals surface area contributed by atoms with Gasteiger partial charge >= 0.3 is 5.97 Å². The Bertz CT molecular complexity index is 408. The standard InChI is InChI=1S/C10H11BrO4S/c1-15-9-6(11)3-5(4-7(9)16-2)8(12)10(13)14/h3-4,8,12H,1-2H3,(H,13,14). The van der Waals surface area contributed by atoms with E-state index in [1.165, 1.54) is 24.9 Å². The number of hydrogen-bond acceptors (Lipinski definition) is 4. The maximum atomic E-state index is 10.7. The number of aliphatic hydroxyl groups is 1. The zero-order valence-corrected chi connectivity index (χ0v) is 11.1. The zero-order valence-electron chi connectivity index (χ0n) is 8.73. The minimum atomic E-state index is -1.52. The third-order valence-corrected chi connectivity index (χ3v) is 3.34. The molecule has 6 heteroatoms. The number of hydrogen-bond donors (Lipinski definition) is 2. The van der Waals surface area contributed by atoms with E-state index in [4.69, 9.17) is 9.84 Å². The van der Waals surface area contributed by atoms with Crippen LogP contribution in [0.1, 0.15) is 11.7 Å². The van der Waals surface area contributed by atoms with Gasteiger partial charge in [-0.2, -0.15) is 0 Å². The predicted molar refractivity (Wildman–Crippen MR) is 65.1 cm³/mol. The van der Waals surface area contributed by atoms with Gasteiger partial charge in [0.2, 0.25) is 0 Å². The minimum absolute atomic E-state index is 0.324. The lowest BCUT2D eigenvalue weighted by Crippen LogP contribution is -2.10. The summed E-state index contributed by atoms with van der Waals surface area (Å²) in [4.78, 5) is 11.4. The highest BCUT2D eigenvalue weighted by Crippen LogP contribution is 2.37. The molecular formula is C10H11BrO4S. The number of halogens is 1. The summed E-state index contributed by atoms with van der Waals surface area (Å²) in [6.45, 7) is 0. The van der Waals surface area contributed by atoms with Crippen molar-refractivity contribution in [2.75, 3.05) is 13.4 Å². The Labute approximate surface area is 106 Å². The molecule has 0 bridgehead atoms. The fourth-order valence-electron chi connectivity index (χ4n) is 1.24. The molecule has 0 saturated heterocycles. The first-order chi connectivity index (χ1) is 7.51. The highest BCUT2D eigenvalue weighted by molar-refractivity contribution is 9.10. The van der Waals surface area contributed by atoms with Crippen molar-refractivity contribution >= 4 is 33.7 Å². The number of thioether (sulfide) groups is 1. The smallest absolute Gasteiger partial charge is 0.337 e. The van der Waals surface area contributed by atoms with Gasteiger partial charge in [-0.3, -0.25) is 0 Å². The van der Waals surface area contributed by atoms with E-state index in [9.17, 15) is 9.90 Å². The normalized spacial score (nSPS) is 12.2. The lowest BCUT2D eigenvalue weighted by molar-refractivity contribution is -0.146. The maximum Gasteiger partial charge on any atom is 0.337 e. The topological polar surface area (TPSA) is 66.8 Å². The van der Waals surface area contributed by atoms with Gasteiger partial charge < -0.3 is 14.9 Å². The Morgan fingerprint density at radius 3 is 2.62 bits per heavy atom. The van der Waals surface area contributed by atoms with Crippen molar-refractivity contribution < 1.29 is 19.7 Å². The van der Waals surface area contributed by atoms with E-state index in [-0.39, 0.29) is 0 Å². The summed E-state index contributed by atoms with van der Waals surface area (Å²) >= 11 is 4.69. The molecule has 0 heterocycles. The fourth-order valence-corrected chi connectivity index (χ4v) is 2.64. The van der Waals surface area contributed by atoms with Crippen molar-refractivity contribution in [3.8, 4) is 5.75 Å². The van der Waals surface area contributed by atoms with Gasteiger partial charge in [-0.25, -0.2) is 4.79 Å². The summed E-state index contributed by atoms with van der Waals surface area (Å²) in [5.41, 5.74) is 0.324. The van der Waals surface area contributed by atoms with E-state index in [0.29, 0.717) is 15.8 Å². The average Bonchev–Trinajstić information content (AvgIpc) is 2.26. The summed E-state index contributed by atoms with van der Waals surface area (Å²) in [7, 11) is 1.53. The third kappa shape index (κ3) is 2.69. The molecule has 1 unspecified atom stereocenters. The van der Waals surface area contributed by atoms with Gasteiger partial charge in [0.1, 0.15) is 5.75 Å². The number of carboxylic acid groups (broad SMARTS) is 1. The number of rotatable bonds is 4. The van der Waals surface area contributed by atoms with Crippen molar-refractivity contribution in [1.29, 1.82) is 0 Å². The summed E-state index contributed by atoms with van der Waals surface area (Å²) in [6.07, 6.45) is 0.328. The molecule has 0 amide bonds. The molecule has 1 aromatic carbocycles. The molecule has 2 N–H and O–H groups in total. The van der Waals surface area contributed by atoms with Gasteiger partial charge in [-0.15, -0.1) is 11.8 Å². The first-order valence-electron chi connectivity index (χ1n) is 4.33. The van der Waals surface area contributed by atoms with Crippen LogP contribution in [-0.4, -0.2) is 29.5 Å². The lowest BCUT2D eigenvalue weighted by Gasteiger charge is -2.13. The average molecular weight is 307 g/mol. The summed E-state index contributed by atoms with van der Waals surface area (Å²) in [5.74, 6) is -0.641. The van der Waals surface area contributed by atoms with Crippen molar-refractivity contribution in [2.24, 2.45) is 0 Å². The zero-order chi connectivity index (χ0) is 12.3.